The van der Waals surface area contributed by atoms with E-state index in [1.807, 2.05) is 0 Å². The van der Waals surface area contributed by atoms with Gasteiger partial charge >= 0.3 is 17.9 Å². The van der Waals surface area contributed by atoms with Gasteiger partial charge in [-0.3, -0.25) is 14.4 Å². The van der Waals surface area contributed by atoms with Gasteiger partial charge in [-0.15, -0.1) is 0 Å². The maximum Gasteiger partial charge on any atom is 0.303 e. The van der Waals surface area contributed by atoms with E-state index in [0.29, 0.717) is 19.3 Å². The van der Waals surface area contributed by atoms with Crippen molar-refractivity contribution in [2.24, 2.45) is 0 Å². The van der Waals surface area contributed by atoms with E-state index < -0.39 is 17.9 Å². The molecule has 7 heteroatoms. The van der Waals surface area contributed by atoms with Crippen LogP contribution in [-0.4, -0.2) is 63.9 Å². The lowest BCUT2D eigenvalue weighted by Crippen LogP contribution is -2.51. The molecule has 0 spiro atoms. The van der Waals surface area contributed by atoms with E-state index in [1.165, 1.54) is 135 Å². The van der Waals surface area contributed by atoms with Crippen molar-refractivity contribution >= 4 is 17.9 Å². The van der Waals surface area contributed by atoms with Crippen LogP contribution in [-0.2, 0) is 14.4 Å². The fourth-order valence-electron chi connectivity index (χ4n) is 6.90. The molecule has 0 bridgehead atoms. The average Bonchev–Trinajstić information content (AvgIpc) is 3.02. The van der Waals surface area contributed by atoms with E-state index in [0.717, 1.165) is 56.3 Å². The van der Waals surface area contributed by atoms with Crippen LogP contribution in [0.1, 0.15) is 206 Å². The number of quaternary nitrogens is 1. The zero-order valence-electron chi connectivity index (χ0n) is 30.3. The van der Waals surface area contributed by atoms with Gasteiger partial charge < -0.3 is 19.8 Å². The number of rotatable bonds is 38. The molecule has 0 fully saturated rings. The van der Waals surface area contributed by atoms with Crippen molar-refractivity contribution < 1.29 is 34.2 Å². The number of carboxylic acid groups (broad SMARTS) is 3. The molecule has 7 nitrogen and oxygen atoms in total. The van der Waals surface area contributed by atoms with Crippen LogP contribution in [0, 0.1) is 0 Å². The number of hydrogen-bond donors (Lipinski definition) is 3. The zero-order chi connectivity index (χ0) is 34.0. The Morgan fingerprint density at radius 2 is 0.522 bits per heavy atom. The molecule has 272 valence electrons. The zero-order valence-corrected chi connectivity index (χ0v) is 30.3. The molecule has 0 aliphatic heterocycles. The van der Waals surface area contributed by atoms with Crippen molar-refractivity contribution in [1.82, 2.24) is 0 Å². The first-order valence-corrected chi connectivity index (χ1v) is 19.8. The monoisotopic (exact) mass is 655 g/mol. The second kappa shape index (κ2) is 33.3. The Labute approximate surface area is 283 Å². The highest BCUT2D eigenvalue weighted by atomic mass is 16.4. The molecule has 0 saturated heterocycles. The van der Waals surface area contributed by atoms with Crippen LogP contribution in [0.4, 0.5) is 0 Å². The number of aliphatic carboxylic acids is 3. The quantitative estimate of drug-likeness (QED) is 0.0451. The minimum atomic E-state index is -0.763. The van der Waals surface area contributed by atoms with Gasteiger partial charge in [0.2, 0.25) is 0 Å². The Balaban J connectivity index is 4.11. The lowest BCUT2D eigenvalue weighted by atomic mass is 10.0. The first-order chi connectivity index (χ1) is 22.3. The third-order valence-corrected chi connectivity index (χ3v) is 9.81. The molecule has 0 aromatic heterocycles. The number of hydrogen-bond acceptors (Lipinski definition) is 3. The summed E-state index contributed by atoms with van der Waals surface area (Å²) in [5.74, 6) is -2.29. The van der Waals surface area contributed by atoms with Crippen LogP contribution in [0.3, 0.4) is 0 Å². The minimum absolute atomic E-state index is 0.178. The summed E-state index contributed by atoms with van der Waals surface area (Å²) >= 11 is 0. The van der Waals surface area contributed by atoms with Gasteiger partial charge in [0.1, 0.15) is 0 Å². The first-order valence-electron chi connectivity index (χ1n) is 19.8. The molecule has 0 unspecified atom stereocenters. The van der Waals surface area contributed by atoms with Gasteiger partial charge in [-0.25, -0.2) is 0 Å². The van der Waals surface area contributed by atoms with E-state index in [9.17, 15) is 14.4 Å². The molecular weight excluding hydrogens is 578 g/mol. The van der Waals surface area contributed by atoms with Gasteiger partial charge in [0.25, 0.3) is 0 Å². The van der Waals surface area contributed by atoms with Gasteiger partial charge in [-0.05, 0) is 51.4 Å². The molecule has 0 saturated carbocycles. The third-order valence-electron chi connectivity index (χ3n) is 9.81. The van der Waals surface area contributed by atoms with E-state index in [1.54, 1.807) is 0 Å². The van der Waals surface area contributed by atoms with Crippen molar-refractivity contribution in [3.63, 3.8) is 0 Å². The molecule has 0 aromatic carbocycles. The lowest BCUT2D eigenvalue weighted by Gasteiger charge is -2.39. The minimum Gasteiger partial charge on any atom is -0.481 e. The Hall–Kier alpha value is -1.63. The van der Waals surface area contributed by atoms with Crippen molar-refractivity contribution in [3.05, 3.63) is 0 Å². The number of nitrogens with zero attached hydrogens (tertiary/aromatic N) is 1. The van der Waals surface area contributed by atoms with Crippen LogP contribution in [0.5, 0.6) is 0 Å². The third kappa shape index (κ3) is 32.3. The van der Waals surface area contributed by atoms with E-state index in [2.05, 4.69) is 6.92 Å². The van der Waals surface area contributed by atoms with Crippen molar-refractivity contribution in [2.75, 3.05) is 26.2 Å². The molecular formula is C39H76NO6+. The fourth-order valence-corrected chi connectivity index (χ4v) is 6.90. The molecule has 0 heterocycles. The van der Waals surface area contributed by atoms with Gasteiger partial charge in [0.15, 0.2) is 0 Å². The largest absolute Gasteiger partial charge is 0.481 e. The van der Waals surface area contributed by atoms with Crippen molar-refractivity contribution in [3.8, 4) is 0 Å². The molecule has 0 aliphatic carbocycles. The highest BCUT2D eigenvalue weighted by Crippen LogP contribution is 2.20. The van der Waals surface area contributed by atoms with Crippen LogP contribution >= 0.6 is 0 Å². The molecule has 46 heavy (non-hydrogen) atoms. The molecule has 0 aliphatic rings. The fraction of sp³-hybridized carbons (Fsp3) is 0.923. The summed E-state index contributed by atoms with van der Waals surface area (Å²) < 4.78 is 0.873. The average molecular weight is 655 g/mol. The lowest BCUT2D eigenvalue weighted by molar-refractivity contribution is -0.929. The SMILES string of the molecule is CCCCCCCCCCCCCCCCCCCCCCCC[N+](CCCCC(=O)O)(CCCCC(=O)O)CCCCC(=O)O. The number of carbonyl (C=O) groups is 3. The summed E-state index contributed by atoms with van der Waals surface area (Å²) in [6.45, 7) is 5.99. The van der Waals surface area contributed by atoms with Gasteiger partial charge in [0, 0.05) is 19.3 Å². The molecule has 0 aromatic rings. The van der Waals surface area contributed by atoms with Crippen LogP contribution < -0.4 is 0 Å². The van der Waals surface area contributed by atoms with Crippen molar-refractivity contribution in [1.29, 1.82) is 0 Å². The second-order valence-corrected chi connectivity index (χ2v) is 14.2. The van der Waals surface area contributed by atoms with E-state index in [-0.39, 0.29) is 19.3 Å². The number of unbranched alkanes of at least 4 members (excludes halogenated alkanes) is 24. The molecule has 0 amide bonds. The normalized spacial score (nSPS) is 11.7. The Kier molecular flexibility index (Phi) is 32.1. The Bertz CT molecular complexity index is 658. The van der Waals surface area contributed by atoms with Gasteiger partial charge in [-0.2, -0.15) is 0 Å². The summed E-state index contributed by atoms with van der Waals surface area (Å²) in [6, 6.07) is 0. The van der Waals surface area contributed by atoms with Gasteiger partial charge in [-0.1, -0.05) is 135 Å². The van der Waals surface area contributed by atoms with Crippen LogP contribution in [0.15, 0.2) is 0 Å². The van der Waals surface area contributed by atoms with Crippen LogP contribution in [0.25, 0.3) is 0 Å². The molecule has 0 radical (unpaired) electrons. The van der Waals surface area contributed by atoms with Crippen molar-refractivity contribution in [2.45, 2.75) is 206 Å². The van der Waals surface area contributed by atoms with E-state index >= 15 is 0 Å². The molecule has 0 rings (SSSR count). The first kappa shape index (κ1) is 44.4. The summed E-state index contributed by atoms with van der Waals surface area (Å²) in [4.78, 5) is 33.1. The smallest absolute Gasteiger partial charge is 0.303 e. The predicted molar refractivity (Wildman–Crippen MR) is 191 cm³/mol. The standard InChI is InChI=1S/C39H75NO6/c1-2-3-4-5-6-7-8-9-10-11-12-13-14-15-16-17-18-19-20-21-22-26-33-40(34-27-23-30-37(41)42,35-28-24-31-38(43)44)36-29-25-32-39(45)46/h2-36H2,1H3,(H2-,41,42,43,44,45,46)/p+1. The number of carboxylic acids is 3. The summed E-state index contributed by atoms with van der Waals surface area (Å²) in [5, 5.41) is 27.2. The highest BCUT2D eigenvalue weighted by Gasteiger charge is 2.26. The summed E-state index contributed by atoms with van der Waals surface area (Å²) in [7, 11) is 0. The topological polar surface area (TPSA) is 112 Å². The van der Waals surface area contributed by atoms with E-state index in [4.69, 9.17) is 15.3 Å². The second-order valence-electron chi connectivity index (χ2n) is 14.2. The predicted octanol–water partition coefficient (Wildman–Crippen LogP) is 11.2. The van der Waals surface area contributed by atoms with Gasteiger partial charge in [0.05, 0.1) is 26.2 Å². The Morgan fingerprint density at radius 3 is 0.739 bits per heavy atom. The van der Waals surface area contributed by atoms with Crippen LogP contribution in [0.2, 0.25) is 0 Å². The Morgan fingerprint density at radius 1 is 0.326 bits per heavy atom. The summed E-state index contributed by atoms with van der Waals surface area (Å²) in [5.41, 5.74) is 0. The molecule has 3 N–H and O–H groups in total. The molecule has 0 atom stereocenters. The maximum atomic E-state index is 11.0. The maximum absolute atomic E-state index is 11.0. The highest BCUT2D eigenvalue weighted by molar-refractivity contribution is 5.67. The summed E-state index contributed by atoms with van der Waals surface area (Å²) in [6.07, 6.45) is 35.1.